The molecule has 0 atom stereocenters. The van der Waals surface area contributed by atoms with Gasteiger partial charge in [-0.05, 0) is 35.4 Å². The molecule has 5 rings (SSSR count). The lowest BCUT2D eigenvalue weighted by atomic mass is 10.0. The predicted molar refractivity (Wildman–Crippen MR) is 96.7 cm³/mol. The van der Waals surface area contributed by atoms with Gasteiger partial charge in [-0.1, -0.05) is 36.4 Å². The van der Waals surface area contributed by atoms with Crippen LogP contribution < -0.4 is 0 Å². The second kappa shape index (κ2) is 5.60. The van der Waals surface area contributed by atoms with Crippen molar-refractivity contribution in [2.75, 3.05) is 0 Å². The Bertz CT molecular complexity index is 1060. The second-order valence-corrected chi connectivity index (χ2v) is 5.98. The molecule has 4 heteroatoms. The minimum atomic E-state index is 0.646. The molecule has 0 radical (unpaired) electrons. The van der Waals surface area contributed by atoms with Gasteiger partial charge >= 0.3 is 0 Å². The van der Waals surface area contributed by atoms with E-state index in [-0.39, 0.29) is 0 Å². The van der Waals surface area contributed by atoms with Gasteiger partial charge in [0.15, 0.2) is 5.82 Å². The maximum atomic E-state index is 4.85. The standard InChI is InChI=1S/C21H14N4/c1-2-8-15-14(7-1)13-18-19(15)20(16-9-3-5-11-22-16)25-21(24-18)17-10-4-6-12-23-17/h1-12H,13H2. The highest BCUT2D eigenvalue weighted by atomic mass is 14.9. The Balaban J connectivity index is 1.80. The highest BCUT2D eigenvalue weighted by molar-refractivity contribution is 5.87. The summed E-state index contributed by atoms with van der Waals surface area (Å²) in [5.74, 6) is 0.646. The summed E-state index contributed by atoms with van der Waals surface area (Å²) in [6, 6.07) is 20.1. The summed E-state index contributed by atoms with van der Waals surface area (Å²) < 4.78 is 0. The smallest absolute Gasteiger partial charge is 0.179 e. The van der Waals surface area contributed by atoms with E-state index >= 15 is 0 Å². The van der Waals surface area contributed by atoms with E-state index in [1.165, 1.54) is 11.1 Å². The molecule has 0 saturated heterocycles. The van der Waals surface area contributed by atoms with Crippen molar-refractivity contribution in [1.82, 2.24) is 19.9 Å². The van der Waals surface area contributed by atoms with Crippen LogP contribution in [0.2, 0.25) is 0 Å². The van der Waals surface area contributed by atoms with Crippen molar-refractivity contribution in [3.8, 4) is 34.0 Å². The van der Waals surface area contributed by atoms with Crippen molar-refractivity contribution in [3.63, 3.8) is 0 Å². The van der Waals surface area contributed by atoms with Crippen molar-refractivity contribution < 1.29 is 0 Å². The molecule has 4 aromatic rings. The van der Waals surface area contributed by atoms with E-state index in [0.29, 0.717) is 5.82 Å². The van der Waals surface area contributed by atoms with E-state index in [0.717, 1.165) is 34.8 Å². The Hall–Kier alpha value is -3.40. The zero-order valence-electron chi connectivity index (χ0n) is 13.4. The SMILES string of the molecule is c1ccc(-c2nc3c(c(-c4ccccn4)n2)-c2ccccc2C3)nc1. The highest BCUT2D eigenvalue weighted by Gasteiger charge is 2.26. The van der Waals surface area contributed by atoms with Gasteiger partial charge in [0.25, 0.3) is 0 Å². The van der Waals surface area contributed by atoms with Gasteiger partial charge in [0.1, 0.15) is 11.4 Å². The molecule has 4 nitrogen and oxygen atoms in total. The topological polar surface area (TPSA) is 51.6 Å². The maximum Gasteiger partial charge on any atom is 0.179 e. The maximum absolute atomic E-state index is 4.85. The summed E-state index contributed by atoms with van der Waals surface area (Å²) in [5, 5.41) is 0. The van der Waals surface area contributed by atoms with Gasteiger partial charge in [-0.2, -0.15) is 0 Å². The van der Waals surface area contributed by atoms with Crippen LogP contribution in [0.5, 0.6) is 0 Å². The first-order valence-corrected chi connectivity index (χ1v) is 8.22. The number of fused-ring (bicyclic) bond motifs is 3. The third-order valence-electron chi connectivity index (χ3n) is 4.43. The Morgan fingerprint density at radius 3 is 2.16 bits per heavy atom. The minimum Gasteiger partial charge on any atom is -0.255 e. The molecule has 0 amide bonds. The van der Waals surface area contributed by atoms with Crippen LogP contribution in [0.4, 0.5) is 0 Å². The first-order valence-electron chi connectivity index (χ1n) is 8.22. The van der Waals surface area contributed by atoms with Crippen molar-refractivity contribution in [1.29, 1.82) is 0 Å². The lowest BCUT2D eigenvalue weighted by molar-refractivity contribution is 1.06. The number of pyridine rings is 2. The van der Waals surface area contributed by atoms with Gasteiger partial charge in [-0.15, -0.1) is 0 Å². The average Bonchev–Trinajstić information content (AvgIpc) is 3.07. The van der Waals surface area contributed by atoms with Gasteiger partial charge < -0.3 is 0 Å². The first-order chi connectivity index (χ1) is 12.4. The van der Waals surface area contributed by atoms with Crippen molar-refractivity contribution >= 4 is 0 Å². The quantitative estimate of drug-likeness (QED) is 0.489. The Morgan fingerprint density at radius 2 is 1.40 bits per heavy atom. The van der Waals surface area contributed by atoms with Crippen LogP contribution in [0, 0.1) is 0 Å². The molecular weight excluding hydrogens is 308 g/mol. The molecule has 1 aromatic carbocycles. The van der Waals surface area contributed by atoms with E-state index in [4.69, 9.17) is 9.97 Å². The molecule has 0 unspecified atom stereocenters. The minimum absolute atomic E-state index is 0.646. The van der Waals surface area contributed by atoms with Crippen LogP contribution in [-0.2, 0) is 6.42 Å². The van der Waals surface area contributed by atoms with Crippen LogP contribution in [0.15, 0.2) is 73.1 Å². The van der Waals surface area contributed by atoms with Gasteiger partial charge in [-0.3, -0.25) is 9.97 Å². The fraction of sp³-hybridized carbons (Fsp3) is 0.0476. The molecule has 0 saturated carbocycles. The molecule has 3 heterocycles. The fourth-order valence-corrected chi connectivity index (χ4v) is 3.31. The molecule has 1 aliphatic rings. The molecule has 1 aliphatic carbocycles. The zero-order valence-corrected chi connectivity index (χ0v) is 13.4. The van der Waals surface area contributed by atoms with E-state index in [2.05, 4.69) is 34.2 Å². The molecular formula is C21H14N4. The van der Waals surface area contributed by atoms with Gasteiger partial charge in [0, 0.05) is 24.4 Å². The van der Waals surface area contributed by atoms with Crippen molar-refractivity contribution in [2.45, 2.75) is 6.42 Å². The summed E-state index contributed by atoms with van der Waals surface area (Å²) in [6.07, 6.45) is 4.37. The van der Waals surface area contributed by atoms with Crippen LogP contribution in [0.25, 0.3) is 34.0 Å². The Kier molecular flexibility index (Phi) is 3.13. The third-order valence-corrected chi connectivity index (χ3v) is 4.43. The normalized spacial score (nSPS) is 11.8. The first kappa shape index (κ1) is 14.0. The van der Waals surface area contributed by atoms with Crippen LogP contribution >= 0.6 is 0 Å². The number of hydrogen-bond donors (Lipinski definition) is 0. The van der Waals surface area contributed by atoms with Gasteiger partial charge in [-0.25, -0.2) is 9.97 Å². The average molecular weight is 322 g/mol. The fourth-order valence-electron chi connectivity index (χ4n) is 3.31. The molecule has 0 aliphatic heterocycles. The molecule has 0 N–H and O–H groups in total. The largest absolute Gasteiger partial charge is 0.255 e. The van der Waals surface area contributed by atoms with E-state index in [1.807, 2.05) is 36.4 Å². The number of benzene rings is 1. The second-order valence-electron chi connectivity index (χ2n) is 5.98. The summed E-state index contributed by atoms with van der Waals surface area (Å²) in [7, 11) is 0. The zero-order chi connectivity index (χ0) is 16.6. The molecule has 25 heavy (non-hydrogen) atoms. The number of rotatable bonds is 2. The lowest BCUT2D eigenvalue weighted by Crippen LogP contribution is -2.00. The van der Waals surface area contributed by atoms with E-state index in [9.17, 15) is 0 Å². The van der Waals surface area contributed by atoms with E-state index in [1.54, 1.807) is 12.4 Å². The molecule has 0 bridgehead atoms. The summed E-state index contributed by atoms with van der Waals surface area (Å²) in [4.78, 5) is 18.6. The lowest BCUT2D eigenvalue weighted by Gasteiger charge is -2.10. The third kappa shape index (κ3) is 2.31. The summed E-state index contributed by atoms with van der Waals surface area (Å²) in [5.41, 5.74) is 7.11. The highest BCUT2D eigenvalue weighted by Crippen LogP contribution is 2.41. The predicted octanol–water partition coefficient (Wildman–Crippen LogP) is 4.17. The summed E-state index contributed by atoms with van der Waals surface area (Å²) >= 11 is 0. The van der Waals surface area contributed by atoms with E-state index < -0.39 is 0 Å². The molecule has 0 fully saturated rings. The number of aromatic nitrogens is 4. The van der Waals surface area contributed by atoms with Gasteiger partial charge in [0.2, 0.25) is 0 Å². The number of nitrogens with zero attached hydrogens (tertiary/aromatic N) is 4. The van der Waals surface area contributed by atoms with Crippen molar-refractivity contribution in [2.24, 2.45) is 0 Å². The molecule has 118 valence electrons. The van der Waals surface area contributed by atoms with Crippen LogP contribution in [-0.4, -0.2) is 19.9 Å². The molecule has 0 spiro atoms. The Morgan fingerprint density at radius 1 is 0.680 bits per heavy atom. The number of hydrogen-bond acceptors (Lipinski definition) is 4. The monoisotopic (exact) mass is 322 g/mol. The van der Waals surface area contributed by atoms with Crippen LogP contribution in [0.3, 0.4) is 0 Å². The molecule has 3 aromatic heterocycles. The van der Waals surface area contributed by atoms with Crippen LogP contribution in [0.1, 0.15) is 11.3 Å². The van der Waals surface area contributed by atoms with Crippen molar-refractivity contribution in [3.05, 3.63) is 84.3 Å². The Labute approximate surface area is 145 Å². The summed E-state index contributed by atoms with van der Waals surface area (Å²) in [6.45, 7) is 0. The van der Waals surface area contributed by atoms with Gasteiger partial charge in [0.05, 0.1) is 11.4 Å².